The zero-order valence-corrected chi connectivity index (χ0v) is 13.3. The average Bonchev–Trinajstić information content (AvgIpc) is 2.82. The monoisotopic (exact) mass is 315 g/mol. The molecule has 0 aliphatic carbocycles. The maximum absolute atomic E-state index is 11.8. The van der Waals surface area contributed by atoms with Crippen LogP contribution in [-0.2, 0) is 16.0 Å². The van der Waals surface area contributed by atoms with Crippen LogP contribution in [-0.4, -0.2) is 43.3 Å². The SMILES string of the molecule is CCCc1cc(OC(C)C(=O)NCCOC)c(C(=O)O)s1. The quantitative estimate of drug-likeness (QED) is 0.680. The highest BCUT2D eigenvalue weighted by molar-refractivity contribution is 7.14. The Morgan fingerprint density at radius 1 is 1.48 bits per heavy atom. The first-order valence-electron chi connectivity index (χ1n) is 6.78. The first-order valence-corrected chi connectivity index (χ1v) is 7.60. The third-order valence-electron chi connectivity index (χ3n) is 2.72. The Kier molecular flexibility index (Phi) is 7.18. The normalized spacial score (nSPS) is 12.0. The number of aryl methyl sites for hydroxylation is 1. The van der Waals surface area contributed by atoms with E-state index in [0.29, 0.717) is 13.2 Å². The van der Waals surface area contributed by atoms with Gasteiger partial charge in [-0.1, -0.05) is 13.3 Å². The lowest BCUT2D eigenvalue weighted by molar-refractivity contribution is -0.127. The standard InChI is InChI=1S/C14H21NO5S/c1-4-5-10-8-11(12(21-10)14(17)18)20-9(2)13(16)15-6-7-19-3/h8-9H,4-7H2,1-3H3,(H,15,16)(H,17,18). The summed E-state index contributed by atoms with van der Waals surface area (Å²) in [4.78, 5) is 24.1. The van der Waals surface area contributed by atoms with Crippen molar-refractivity contribution in [3.63, 3.8) is 0 Å². The predicted molar refractivity (Wildman–Crippen MR) is 80.2 cm³/mol. The molecule has 7 heteroatoms. The van der Waals surface area contributed by atoms with E-state index in [1.54, 1.807) is 20.1 Å². The summed E-state index contributed by atoms with van der Waals surface area (Å²) in [7, 11) is 1.55. The molecule has 1 aromatic heterocycles. The van der Waals surface area contributed by atoms with Crippen molar-refractivity contribution in [2.75, 3.05) is 20.3 Å². The molecule has 1 heterocycles. The second-order valence-electron chi connectivity index (χ2n) is 4.51. The molecule has 0 fully saturated rings. The molecule has 0 saturated heterocycles. The highest BCUT2D eigenvalue weighted by atomic mass is 32.1. The van der Waals surface area contributed by atoms with Gasteiger partial charge >= 0.3 is 5.97 Å². The Morgan fingerprint density at radius 3 is 2.76 bits per heavy atom. The summed E-state index contributed by atoms with van der Waals surface area (Å²) in [6.07, 6.45) is 0.957. The van der Waals surface area contributed by atoms with Crippen molar-refractivity contribution in [3.8, 4) is 5.75 Å². The lowest BCUT2D eigenvalue weighted by Gasteiger charge is -2.14. The summed E-state index contributed by atoms with van der Waals surface area (Å²) >= 11 is 1.19. The number of rotatable bonds is 9. The zero-order chi connectivity index (χ0) is 15.8. The Bertz CT molecular complexity index is 486. The van der Waals surface area contributed by atoms with Gasteiger partial charge in [0.05, 0.1) is 6.61 Å². The van der Waals surface area contributed by atoms with Crippen LogP contribution in [0.15, 0.2) is 6.07 Å². The van der Waals surface area contributed by atoms with Gasteiger partial charge in [-0.2, -0.15) is 0 Å². The van der Waals surface area contributed by atoms with Crippen molar-refractivity contribution in [2.45, 2.75) is 32.8 Å². The van der Waals surface area contributed by atoms with Crippen LogP contribution in [0.25, 0.3) is 0 Å². The van der Waals surface area contributed by atoms with Crippen LogP contribution in [0.5, 0.6) is 5.75 Å². The van der Waals surface area contributed by atoms with Crippen LogP contribution in [0.2, 0.25) is 0 Å². The Hall–Kier alpha value is -1.60. The number of hydrogen-bond acceptors (Lipinski definition) is 5. The first-order chi connectivity index (χ1) is 9.99. The average molecular weight is 315 g/mol. The van der Waals surface area contributed by atoms with Crippen molar-refractivity contribution in [1.29, 1.82) is 0 Å². The molecule has 0 aromatic carbocycles. The third-order valence-corrected chi connectivity index (χ3v) is 3.88. The van der Waals surface area contributed by atoms with E-state index < -0.39 is 12.1 Å². The minimum Gasteiger partial charge on any atom is -0.479 e. The van der Waals surface area contributed by atoms with Gasteiger partial charge in [-0.3, -0.25) is 4.79 Å². The first kappa shape index (κ1) is 17.5. The van der Waals surface area contributed by atoms with Crippen molar-refractivity contribution in [3.05, 3.63) is 15.8 Å². The summed E-state index contributed by atoms with van der Waals surface area (Å²) in [5.41, 5.74) is 0. The summed E-state index contributed by atoms with van der Waals surface area (Å²) in [6, 6.07) is 1.70. The fraction of sp³-hybridized carbons (Fsp3) is 0.571. The van der Waals surface area contributed by atoms with Crippen LogP contribution in [0.4, 0.5) is 0 Å². The number of carbonyl (C=O) groups is 2. The fourth-order valence-electron chi connectivity index (χ4n) is 1.69. The number of thiophene rings is 1. The lowest BCUT2D eigenvalue weighted by atomic mass is 10.3. The molecule has 118 valence electrons. The van der Waals surface area contributed by atoms with Gasteiger partial charge in [-0.05, 0) is 19.4 Å². The molecule has 1 aromatic rings. The van der Waals surface area contributed by atoms with Gasteiger partial charge in [0.2, 0.25) is 0 Å². The van der Waals surface area contributed by atoms with Crippen LogP contribution in [0.1, 0.15) is 34.8 Å². The second kappa shape index (κ2) is 8.63. The Balaban J connectivity index is 2.71. The van der Waals surface area contributed by atoms with Crippen LogP contribution in [0.3, 0.4) is 0 Å². The van der Waals surface area contributed by atoms with Gasteiger partial charge in [0.25, 0.3) is 5.91 Å². The van der Waals surface area contributed by atoms with Gasteiger partial charge < -0.3 is 19.9 Å². The van der Waals surface area contributed by atoms with Crippen molar-refractivity contribution in [2.24, 2.45) is 0 Å². The number of aromatic carboxylic acids is 1. The third kappa shape index (κ3) is 5.35. The molecule has 1 unspecified atom stereocenters. The summed E-state index contributed by atoms with van der Waals surface area (Å²) in [6.45, 7) is 4.41. The van der Waals surface area contributed by atoms with Gasteiger partial charge in [0.1, 0.15) is 5.75 Å². The van der Waals surface area contributed by atoms with E-state index in [2.05, 4.69) is 5.32 Å². The number of nitrogens with one attached hydrogen (secondary N) is 1. The van der Waals surface area contributed by atoms with Gasteiger partial charge in [-0.15, -0.1) is 11.3 Å². The predicted octanol–water partition coefficient (Wildman–Crippen LogP) is 1.93. The molecule has 0 aliphatic heterocycles. The van der Waals surface area contributed by atoms with Gasteiger partial charge in [0.15, 0.2) is 11.0 Å². The van der Waals surface area contributed by atoms with E-state index in [-0.39, 0.29) is 16.5 Å². The molecule has 0 aliphatic rings. The van der Waals surface area contributed by atoms with E-state index in [1.165, 1.54) is 11.3 Å². The molecule has 0 radical (unpaired) electrons. The zero-order valence-electron chi connectivity index (χ0n) is 12.5. The molecule has 6 nitrogen and oxygen atoms in total. The lowest BCUT2D eigenvalue weighted by Crippen LogP contribution is -2.38. The molecular formula is C14H21NO5S. The van der Waals surface area contributed by atoms with Crippen LogP contribution < -0.4 is 10.1 Å². The maximum atomic E-state index is 11.8. The summed E-state index contributed by atoms with van der Waals surface area (Å²) in [5.74, 6) is -1.08. The van der Waals surface area contributed by atoms with Gasteiger partial charge in [-0.25, -0.2) is 4.79 Å². The molecule has 21 heavy (non-hydrogen) atoms. The minimum absolute atomic E-state index is 0.134. The minimum atomic E-state index is -1.04. The fourth-order valence-corrected chi connectivity index (χ4v) is 2.72. The van der Waals surface area contributed by atoms with E-state index in [4.69, 9.17) is 9.47 Å². The van der Waals surface area contributed by atoms with E-state index in [1.807, 2.05) is 6.92 Å². The number of carbonyl (C=O) groups excluding carboxylic acids is 1. The second-order valence-corrected chi connectivity index (χ2v) is 5.64. The number of hydrogen-bond donors (Lipinski definition) is 2. The van der Waals surface area contributed by atoms with Crippen molar-refractivity contribution >= 4 is 23.2 Å². The highest BCUT2D eigenvalue weighted by Crippen LogP contribution is 2.31. The van der Waals surface area contributed by atoms with Crippen LogP contribution in [0, 0.1) is 0 Å². The molecule has 1 amide bonds. The Labute approximate surface area is 128 Å². The van der Waals surface area contributed by atoms with Gasteiger partial charge in [0, 0.05) is 18.5 Å². The summed E-state index contributed by atoms with van der Waals surface area (Å²) < 4.78 is 10.3. The molecule has 0 spiro atoms. The van der Waals surface area contributed by atoms with Crippen LogP contribution >= 0.6 is 11.3 Å². The summed E-state index contributed by atoms with van der Waals surface area (Å²) in [5, 5.41) is 11.8. The molecule has 1 atom stereocenters. The Morgan fingerprint density at radius 2 is 2.19 bits per heavy atom. The van der Waals surface area contributed by atoms with Crippen molar-refractivity contribution in [1.82, 2.24) is 5.32 Å². The number of ether oxygens (including phenoxy) is 2. The number of methoxy groups -OCH3 is 1. The maximum Gasteiger partial charge on any atom is 0.349 e. The van der Waals surface area contributed by atoms with E-state index in [0.717, 1.165) is 17.7 Å². The topological polar surface area (TPSA) is 84.9 Å². The largest absolute Gasteiger partial charge is 0.479 e. The molecule has 2 N–H and O–H groups in total. The molecule has 1 rings (SSSR count). The number of carboxylic acids is 1. The van der Waals surface area contributed by atoms with E-state index >= 15 is 0 Å². The number of carboxylic acid groups (broad SMARTS) is 1. The molecule has 0 bridgehead atoms. The molecular weight excluding hydrogens is 294 g/mol. The number of amides is 1. The smallest absolute Gasteiger partial charge is 0.349 e. The highest BCUT2D eigenvalue weighted by Gasteiger charge is 2.21. The molecule has 0 saturated carbocycles. The van der Waals surface area contributed by atoms with Crippen molar-refractivity contribution < 1.29 is 24.2 Å². The van der Waals surface area contributed by atoms with E-state index in [9.17, 15) is 14.7 Å².